The van der Waals surface area contributed by atoms with Crippen molar-refractivity contribution in [3.8, 4) is 0 Å². The second kappa shape index (κ2) is 6.95. The van der Waals surface area contributed by atoms with E-state index in [0.717, 1.165) is 0 Å². The van der Waals surface area contributed by atoms with Crippen LogP contribution in [0.3, 0.4) is 0 Å². The van der Waals surface area contributed by atoms with Crippen molar-refractivity contribution in [3.63, 3.8) is 0 Å². The molecule has 1 aromatic rings. The van der Waals surface area contributed by atoms with E-state index in [0.29, 0.717) is 24.4 Å². The maximum absolute atomic E-state index is 11.4. The predicted molar refractivity (Wildman–Crippen MR) is 61.2 cm³/mol. The molecule has 0 spiro atoms. The van der Waals surface area contributed by atoms with Gasteiger partial charge in [-0.15, -0.1) is 10.2 Å². The van der Waals surface area contributed by atoms with E-state index in [4.69, 9.17) is 0 Å². The first-order valence-electron chi connectivity index (χ1n) is 5.33. The highest BCUT2D eigenvalue weighted by molar-refractivity contribution is 7.13. The zero-order valence-corrected chi connectivity index (χ0v) is 10.3. The van der Waals surface area contributed by atoms with Crippen molar-refractivity contribution in [1.29, 1.82) is 0 Å². The number of carboxylic acids is 1. The number of rotatable bonds is 7. The minimum atomic E-state index is -1.05. The standard InChI is InChI=1S/C10H15N3O3S/c1-7(5-9(15)16)3-2-4-8(14)12-10-13-11-6-17-10/h6-7H,2-5H2,1H3,(H,15,16)(H,12,13,14)/p-1/t7-/m0/s1. The van der Waals surface area contributed by atoms with Gasteiger partial charge in [-0.05, 0) is 25.2 Å². The number of hydrogen-bond acceptors (Lipinski definition) is 6. The summed E-state index contributed by atoms with van der Waals surface area (Å²) in [5.41, 5.74) is 1.54. The molecule has 94 valence electrons. The zero-order chi connectivity index (χ0) is 12.7. The van der Waals surface area contributed by atoms with Gasteiger partial charge in [0.05, 0.1) is 0 Å². The van der Waals surface area contributed by atoms with Gasteiger partial charge in [-0.1, -0.05) is 18.3 Å². The first-order chi connectivity index (χ1) is 8.08. The highest BCUT2D eigenvalue weighted by atomic mass is 32.1. The van der Waals surface area contributed by atoms with Crippen LogP contribution in [0.4, 0.5) is 5.13 Å². The van der Waals surface area contributed by atoms with E-state index >= 15 is 0 Å². The molecule has 1 aromatic heterocycles. The Morgan fingerprint density at radius 3 is 2.94 bits per heavy atom. The van der Waals surface area contributed by atoms with Gasteiger partial charge in [0.15, 0.2) is 0 Å². The molecule has 0 aliphatic carbocycles. The minimum Gasteiger partial charge on any atom is -0.550 e. The van der Waals surface area contributed by atoms with Crippen molar-refractivity contribution in [2.45, 2.75) is 32.6 Å². The second-order valence-corrected chi connectivity index (χ2v) is 4.70. The highest BCUT2D eigenvalue weighted by Crippen LogP contribution is 2.13. The highest BCUT2D eigenvalue weighted by Gasteiger charge is 2.07. The van der Waals surface area contributed by atoms with E-state index in [-0.39, 0.29) is 18.2 Å². The molecule has 1 rings (SSSR count). The van der Waals surface area contributed by atoms with Gasteiger partial charge in [0.2, 0.25) is 11.0 Å². The first-order valence-corrected chi connectivity index (χ1v) is 6.21. The number of aliphatic carboxylic acids is 1. The molecule has 1 heterocycles. The normalized spacial score (nSPS) is 12.1. The summed E-state index contributed by atoms with van der Waals surface area (Å²) in [4.78, 5) is 21.7. The van der Waals surface area contributed by atoms with Crippen LogP contribution in [-0.4, -0.2) is 22.1 Å². The minimum absolute atomic E-state index is 0.0364. The van der Waals surface area contributed by atoms with Crippen molar-refractivity contribution in [2.75, 3.05) is 5.32 Å². The summed E-state index contributed by atoms with van der Waals surface area (Å²) in [5, 5.41) is 20.7. The molecule has 0 saturated heterocycles. The van der Waals surface area contributed by atoms with Gasteiger partial charge < -0.3 is 15.2 Å². The van der Waals surface area contributed by atoms with Gasteiger partial charge in [0.25, 0.3) is 0 Å². The molecule has 0 saturated carbocycles. The van der Waals surface area contributed by atoms with E-state index in [2.05, 4.69) is 15.5 Å². The maximum Gasteiger partial charge on any atom is 0.226 e. The maximum atomic E-state index is 11.4. The molecule has 7 heteroatoms. The Balaban J connectivity index is 2.14. The predicted octanol–water partition coefficient (Wildman–Crippen LogP) is 0.423. The third-order valence-corrected chi connectivity index (χ3v) is 2.83. The number of amides is 1. The first kappa shape index (κ1) is 13.6. The van der Waals surface area contributed by atoms with Crippen LogP contribution >= 0.6 is 11.3 Å². The number of carbonyl (C=O) groups excluding carboxylic acids is 2. The second-order valence-electron chi connectivity index (χ2n) is 3.87. The number of aromatic nitrogens is 2. The van der Waals surface area contributed by atoms with Crippen LogP contribution in [0.2, 0.25) is 0 Å². The van der Waals surface area contributed by atoms with Crippen LogP contribution in [0.15, 0.2) is 5.51 Å². The van der Waals surface area contributed by atoms with E-state index in [9.17, 15) is 14.7 Å². The summed E-state index contributed by atoms with van der Waals surface area (Å²) in [6.45, 7) is 1.83. The lowest BCUT2D eigenvalue weighted by Gasteiger charge is -2.11. The number of carbonyl (C=O) groups is 2. The molecule has 0 radical (unpaired) electrons. The Bertz CT molecular complexity index is 367. The SMILES string of the molecule is C[C@@H](CCCC(=O)Nc1nncs1)CC(=O)[O-]. The molecular formula is C10H14N3O3S-. The number of nitrogens with one attached hydrogen (secondary N) is 1. The van der Waals surface area contributed by atoms with Gasteiger partial charge in [-0.2, -0.15) is 0 Å². The molecule has 0 fully saturated rings. The molecule has 1 atom stereocenters. The summed E-state index contributed by atoms with van der Waals surface area (Å²) in [5.74, 6) is -1.13. The fourth-order valence-corrected chi connectivity index (χ4v) is 1.87. The van der Waals surface area contributed by atoms with Crippen molar-refractivity contribution < 1.29 is 14.7 Å². The van der Waals surface area contributed by atoms with Gasteiger partial charge in [-0.3, -0.25) is 4.79 Å². The average Bonchev–Trinajstić information content (AvgIpc) is 2.69. The molecule has 6 nitrogen and oxygen atoms in total. The van der Waals surface area contributed by atoms with Crippen molar-refractivity contribution in [2.24, 2.45) is 5.92 Å². The number of anilines is 1. The Hall–Kier alpha value is -1.50. The molecule has 0 aliphatic heterocycles. The topological polar surface area (TPSA) is 95.0 Å². The average molecular weight is 256 g/mol. The van der Waals surface area contributed by atoms with E-state index in [1.807, 2.05) is 6.92 Å². The third kappa shape index (κ3) is 5.96. The van der Waals surface area contributed by atoms with Crippen LogP contribution < -0.4 is 10.4 Å². The lowest BCUT2D eigenvalue weighted by molar-refractivity contribution is -0.306. The molecule has 17 heavy (non-hydrogen) atoms. The van der Waals surface area contributed by atoms with Crippen molar-refractivity contribution >= 4 is 28.3 Å². The monoisotopic (exact) mass is 256 g/mol. The largest absolute Gasteiger partial charge is 0.550 e. The summed E-state index contributed by atoms with van der Waals surface area (Å²) >= 11 is 1.26. The molecule has 0 bridgehead atoms. The number of nitrogens with zero attached hydrogens (tertiary/aromatic N) is 2. The van der Waals surface area contributed by atoms with Crippen LogP contribution in [0.5, 0.6) is 0 Å². The number of hydrogen-bond donors (Lipinski definition) is 1. The molecule has 0 aliphatic rings. The van der Waals surface area contributed by atoms with Crippen LogP contribution in [0.1, 0.15) is 32.6 Å². The third-order valence-electron chi connectivity index (χ3n) is 2.22. The lowest BCUT2D eigenvalue weighted by Crippen LogP contribution is -2.24. The number of carboxylic acid groups (broad SMARTS) is 1. The van der Waals surface area contributed by atoms with E-state index < -0.39 is 5.97 Å². The Morgan fingerprint density at radius 2 is 2.35 bits per heavy atom. The molecule has 0 unspecified atom stereocenters. The van der Waals surface area contributed by atoms with E-state index in [1.165, 1.54) is 16.8 Å². The van der Waals surface area contributed by atoms with Gasteiger partial charge in [-0.25, -0.2) is 0 Å². The van der Waals surface area contributed by atoms with Crippen LogP contribution in [-0.2, 0) is 9.59 Å². The molecular weight excluding hydrogens is 242 g/mol. The Kier molecular flexibility index (Phi) is 5.55. The summed E-state index contributed by atoms with van der Waals surface area (Å²) < 4.78 is 0. The molecule has 1 N–H and O–H groups in total. The Labute approximate surface area is 103 Å². The fraction of sp³-hybridized carbons (Fsp3) is 0.600. The smallest absolute Gasteiger partial charge is 0.226 e. The van der Waals surface area contributed by atoms with Gasteiger partial charge in [0, 0.05) is 12.4 Å². The molecule has 1 amide bonds. The fourth-order valence-electron chi connectivity index (χ4n) is 1.41. The van der Waals surface area contributed by atoms with E-state index in [1.54, 1.807) is 0 Å². The van der Waals surface area contributed by atoms with Gasteiger partial charge >= 0.3 is 0 Å². The quantitative estimate of drug-likeness (QED) is 0.763. The lowest BCUT2D eigenvalue weighted by atomic mass is 10.0. The molecule has 0 aromatic carbocycles. The van der Waals surface area contributed by atoms with Gasteiger partial charge in [0.1, 0.15) is 5.51 Å². The van der Waals surface area contributed by atoms with Crippen molar-refractivity contribution in [1.82, 2.24) is 10.2 Å². The zero-order valence-electron chi connectivity index (χ0n) is 9.51. The van der Waals surface area contributed by atoms with Crippen molar-refractivity contribution in [3.05, 3.63) is 5.51 Å². The summed E-state index contributed by atoms with van der Waals surface area (Å²) in [7, 11) is 0. The summed E-state index contributed by atoms with van der Waals surface area (Å²) in [6, 6.07) is 0. The Morgan fingerprint density at radius 1 is 1.59 bits per heavy atom. The van der Waals surface area contributed by atoms with Crippen LogP contribution in [0, 0.1) is 5.92 Å². The summed E-state index contributed by atoms with van der Waals surface area (Å²) in [6.07, 6.45) is 1.74. The van der Waals surface area contributed by atoms with Crippen LogP contribution in [0.25, 0.3) is 0 Å².